The zero-order chi connectivity index (χ0) is 20.8. The van der Waals surface area contributed by atoms with E-state index in [0.29, 0.717) is 15.8 Å². The predicted octanol–water partition coefficient (Wildman–Crippen LogP) is 6.82. The molecule has 0 amide bonds. The zero-order valence-electron chi connectivity index (χ0n) is 16.0. The van der Waals surface area contributed by atoms with E-state index in [2.05, 4.69) is 0 Å². The van der Waals surface area contributed by atoms with Crippen LogP contribution in [0, 0.1) is 0 Å². The second kappa shape index (κ2) is 10.1. The van der Waals surface area contributed by atoms with Gasteiger partial charge in [-0.15, -0.1) is 0 Å². The molecular formula is C23H20Cl2O3S. The second-order valence-corrected chi connectivity index (χ2v) is 8.40. The Bertz CT molecular complexity index is 896. The van der Waals surface area contributed by atoms with Crippen molar-refractivity contribution < 1.29 is 14.3 Å². The summed E-state index contributed by atoms with van der Waals surface area (Å²) in [6.07, 6.45) is 0. The normalized spacial score (nSPS) is 11.9. The molecule has 0 aromatic heterocycles. The Balaban J connectivity index is 1.89. The molecule has 3 nitrogen and oxygen atoms in total. The van der Waals surface area contributed by atoms with Crippen molar-refractivity contribution in [3.8, 4) is 11.5 Å². The van der Waals surface area contributed by atoms with E-state index in [0.717, 1.165) is 16.9 Å². The minimum Gasteiger partial charge on any atom is -0.497 e. The van der Waals surface area contributed by atoms with Gasteiger partial charge >= 0.3 is 0 Å². The van der Waals surface area contributed by atoms with Gasteiger partial charge in [0, 0.05) is 10.0 Å². The van der Waals surface area contributed by atoms with Gasteiger partial charge in [-0.25, -0.2) is 0 Å². The molecule has 0 aliphatic carbocycles. The van der Waals surface area contributed by atoms with Crippen LogP contribution in [-0.2, 0) is 4.79 Å². The monoisotopic (exact) mass is 446 g/mol. The average Bonchev–Trinajstić information content (AvgIpc) is 2.73. The highest BCUT2D eigenvalue weighted by Gasteiger charge is 2.25. The summed E-state index contributed by atoms with van der Waals surface area (Å²) < 4.78 is 11.2. The summed E-state index contributed by atoms with van der Waals surface area (Å²) in [7, 11) is 1.60. The molecule has 0 heterocycles. The highest BCUT2D eigenvalue weighted by atomic mass is 35.5. The van der Waals surface area contributed by atoms with Gasteiger partial charge in [-0.05, 0) is 66.6 Å². The third kappa shape index (κ3) is 5.92. The van der Waals surface area contributed by atoms with Gasteiger partial charge in [0.2, 0.25) is 5.44 Å². The number of benzene rings is 3. The summed E-state index contributed by atoms with van der Waals surface area (Å²) in [6.45, 7) is 1.53. The highest BCUT2D eigenvalue weighted by molar-refractivity contribution is 8.00. The number of thioether (sulfide) groups is 1. The van der Waals surface area contributed by atoms with Crippen LogP contribution in [0.15, 0.2) is 72.8 Å². The Kier molecular flexibility index (Phi) is 7.48. The number of carbonyl (C=O) groups excluding carboxylic acids is 1. The first kappa shape index (κ1) is 21.6. The molecule has 1 atom stereocenters. The summed E-state index contributed by atoms with van der Waals surface area (Å²) in [5, 5.41) is 1.19. The SMILES string of the molecule is COc1ccc(OC(SC(c2ccc(Cl)cc2)c2ccc(Cl)cc2)C(C)=O)cc1. The standard InChI is InChI=1S/C23H20Cl2O3S/c1-15(26)23(28-21-13-11-20(27-2)12-14-21)29-22(16-3-7-18(24)8-4-16)17-5-9-19(25)10-6-17/h3-14,22-23H,1-2H3. The van der Waals surface area contributed by atoms with E-state index in [1.807, 2.05) is 48.5 Å². The number of ketones is 1. The molecule has 0 saturated carbocycles. The van der Waals surface area contributed by atoms with Gasteiger partial charge in [-0.2, -0.15) is 0 Å². The van der Waals surface area contributed by atoms with E-state index in [4.69, 9.17) is 32.7 Å². The van der Waals surface area contributed by atoms with Crippen LogP contribution in [0.1, 0.15) is 23.3 Å². The van der Waals surface area contributed by atoms with Crippen molar-refractivity contribution in [3.05, 3.63) is 94.0 Å². The molecule has 0 bridgehead atoms. The first-order valence-corrected chi connectivity index (χ1v) is 10.6. The second-order valence-electron chi connectivity index (χ2n) is 6.36. The Morgan fingerprint density at radius 3 is 1.66 bits per heavy atom. The summed E-state index contributed by atoms with van der Waals surface area (Å²) >= 11 is 13.5. The molecule has 150 valence electrons. The number of Topliss-reactive ketones (excluding diaryl/α,β-unsaturated/α-hetero) is 1. The van der Waals surface area contributed by atoms with Crippen LogP contribution in [0.25, 0.3) is 0 Å². The molecule has 0 aliphatic heterocycles. The summed E-state index contributed by atoms with van der Waals surface area (Å²) in [6, 6.07) is 22.4. The fourth-order valence-corrected chi connectivity index (χ4v) is 4.22. The minimum absolute atomic E-state index is 0.0706. The van der Waals surface area contributed by atoms with Crippen LogP contribution in [0.3, 0.4) is 0 Å². The highest BCUT2D eigenvalue weighted by Crippen LogP contribution is 2.40. The van der Waals surface area contributed by atoms with Crippen LogP contribution >= 0.6 is 35.0 Å². The maximum atomic E-state index is 12.4. The van der Waals surface area contributed by atoms with E-state index in [1.54, 1.807) is 31.4 Å². The first-order valence-electron chi connectivity index (χ1n) is 8.94. The molecule has 0 saturated heterocycles. The van der Waals surface area contributed by atoms with Gasteiger partial charge in [0.15, 0.2) is 5.78 Å². The molecule has 0 spiro atoms. The lowest BCUT2D eigenvalue weighted by molar-refractivity contribution is -0.120. The number of hydrogen-bond acceptors (Lipinski definition) is 4. The van der Waals surface area contributed by atoms with Gasteiger partial charge in [-0.1, -0.05) is 59.2 Å². The zero-order valence-corrected chi connectivity index (χ0v) is 18.3. The maximum Gasteiger partial charge on any atom is 0.203 e. The van der Waals surface area contributed by atoms with Gasteiger partial charge in [0.1, 0.15) is 11.5 Å². The number of rotatable bonds is 8. The molecule has 3 aromatic rings. The largest absolute Gasteiger partial charge is 0.497 e. The molecule has 0 radical (unpaired) electrons. The van der Waals surface area contributed by atoms with Crippen LogP contribution < -0.4 is 9.47 Å². The van der Waals surface area contributed by atoms with E-state index >= 15 is 0 Å². The van der Waals surface area contributed by atoms with Crippen LogP contribution in [-0.4, -0.2) is 18.3 Å². The lowest BCUT2D eigenvalue weighted by Crippen LogP contribution is -2.23. The van der Waals surface area contributed by atoms with Crippen LogP contribution in [0.4, 0.5) is 0 Å². The van der Waals surface area contributed by atoms with Gasteiger partial charge in [0.25, 0.3) is 0 Å². The number of carbonyl (C=O) groups is 1. The first-order chi connectivity index (χ1) is 14.0. The average molecular weight is 447 g/mol. The summed E-state index contributed by atoms with van der Waals surface area (Å²) in [4.78, 5) is 12.4. The van der Waals surface area contributed by atoms with E-state index in [1.165, 1.54) is 18.7 Å². The van der Waals surface area contributed by atoms with Crippen LogP contribution in [0.2, 0.25) is 10.0 Å². The number of hydrogen-bond donors (Lipinski definition) is 0. The van der Waals surface area contributed by atoms with Crippen LogP contribution in [0.5, 0.6) is 11.5 Å². The topological polar surface area (TPSA) is 35.5 Å². The summed E-state index contributed by atoms with van der Waals surface area (Å²) in [5.74, 6) is 1.26. The molecular weight excluding hydrogens is 427 g/mol. The Morgan fingerprint density at radius 1 is 0.793 bits per heavy atom. The number of halogens is 2. The third-order valence-electron chi connectivity index (χ3n) is 4.24. The van der Waals surface area contributed by atoms with E-state index in [9.17, 15) is 4.79 Å². The maximum absolute atomic E-state index is 12.4. The Hall–Kier alpha value is -2.14. The molecule has 3 rings (SSSR count). The number of methoxy groups -OCH3 is 1. The van der Waals surface area contributed by atoms with E-state index in [-0.39, 0.29) is 11.0 Å². The van der Waals surface area contributed by atoms with Crippen molar-refractivity contribution in [2.75, 3.05) is 7.11 Å². The Labute approximate surface area is 184 Å². The fourth-order valence-electron chi connectivity index (χ4n) is 2.73. The molecule has 29 heavy (non-hydrogen) atoms. The molecule has 0 N–H and O–H groups in total. The van der Waals surface area contributed by atoms with Gasteiger partial charge < -0.3 is 9.47 Å². The molecule has 6 heteroatoms. The smallest absolute Gasteiger partial charge is 0.203 e. The Morgan fingerprint density at radius 2 is 1.24 bits per heavy atom. The summed E-state index contributed by atoms with van der Waals surface area (Å²) in [5.41, 5.74) is 1.36. The van der Waals surface area contributed by atoms with Crippen molar-refractivity contribution >= 4 is 40.7 Å². The lowest BCUT2D eigenvalue weighted by atomic mass is 10.0. The van der Waals surface area contributed by atoms with Crippen molar-refractivity contribution in [2.45, 2.75) is 17.6 Å². The van der Waals surface area contributed by atoms with Crippen molar-refractivity contribution in [1.29, 1.82) is 0 Å². The molecule has 1 unspecified atom stereocenters. The predicted molar refractivity (Wildman–Crippen MR) is 120 cm³/mol. The number of ether oxygens (including phenoxy) is 2. The fraction of sp³-hybridized carbons (Fsp3) is 0.174. The lowest BCUT2D eigenvalue weighted by Gasteiger charge is -2.24. The molecule has 3 aromatic carbocycles. The quantitative estimate of drug-likeness (QED) is 0.355. The van der Waals surface area contributed by atoms with Gasteiger partial charge in [0.05, 0.1) is 12.4 Å². The third-order valence-corrected chi connectivity index (χ3v) is 6.24. The molecule has 0 fully saturated rings. The van der Waals surface area contributed by atoms with Crippen molar-refractivity contribution in [2.24, 2.45) is 0 Å². The minimum atomic E-state index is -0.681. The van der Waals surface area contributed by atoms with Crippen molar-refractivity contribution in [1.82, 2.24) is 0 Å². The van der Waals surface area contributed by atoms with Gasteiger partial charge in [-0.3, -0.25) is 4.79 Å². The van der Waals surface area contributed by atoms with Crippen molar-refractivity contribution in [3.63, 3.8) is 0 Å². The van der Waals surface area contributed by atoms with E-state index < -0.39 is 5.44 Å². The molecule has 0 aliphatic rings.